The van der Waals surface area contributed by atoms with E-state index >= 15 is 0 Å². The molecule has 4 nitrogen and oxygen atoms in total. The molecule has 112 valence electrons. The number of Topliss-reactive ketones (excluding diaryl/α,β-unsaturated/α-hetero) is 1. The van der Waals surface area contributed by atoms with Crippen molar-refractivity contribution in [1.82, 2.24) is 0 Å². The van der Waals surface area contributed by atoms with Crippen molar-refractivity contribution in [2.24, 2.45) is 5.10 Å². The number of alkyl halides is 3. The van der Waals surface area contributed by atoms with Gasteiger partial charge in [0.05, 0.1) is 16.1 Å². The Morgan fingerprint density at radius 3 is 2.64 bits per heavy atom. The topological polar surface area (TPSA) is 65.2 Å². The third-order valence-corrected chi connectivity index (χ3v) is 3.42. The van der Waals surface area contributed by atoms with Gasteiger partial charge in [-0.05, 0) is 29.6 Å². The number of hydrazone groups is 1. The van der Waals surface area contributed by atoms with E-state index in [0.29, 0.717) is 4.88 Å². The first kappa shape index (κ1) is 15.7. The van der Waals surface area contributed by atoms with Gasteiger partial charge in [0.2, 0.25) is 11.5 Å². The summed E-state index contributed by atoms with van der Waals surface area (Å²) >= 11 is 1.14. The lowest BCUT2D eigenvalue weighted by Gasteiger charge is -2.08. The van der Waals surface area contributed by atoms with Crippen molar-refractivity contribution in [2.75, 3.05) is 5.43 Å². The third kappa shape index (κ3) is 3.71. The van der Waals surface area contributed by atoms with Crippen LogP contribution in [0.3, 0.4) is 0 Å². The fourth-order valence-corrected chi connectivity index (χ4v) is 2.20. The molecule has 1 N–H and O–H groups in total. The van der Waals surface area contributed by atoms with Gasteiger partial charge in [-0.1, -0.05) is 12.1 Å². The van der Waals surface area contributed by atoms with Crippen LogP contribution in [0.5, 0.6) is 0 Å². The Labute approximate surface area is 127 Å². The van der Waals surface area contributed by atoms with Gasteiger partial charge in [-0.15, -0.1) is 11.3 Å². The van der Waals surface area contributed by atoms with E-state index in [1.807, 2.05) is 0 Å². The number of hydrogen-bond donors (Lipinski definition) is 1. The summed E-state index contributed by atoms with van der Waals surface area (Å²) in [4.78, 5) is 12.2. The molecule has 8 heteroatoms. The van der Waals surface area contributed by atoms with Crippen LogP contribution in [0.1, 0.15) is 15.2 Å². The van der Waals surface area contributed by atoms with E-state index in [0.717, 1.165) is 23.5 Å². The van der Waals surface area contributed by atoms with E-state index in [1.54, 1.807) is 17.5 Å². The fourth-order valence-electron chi connectivity index (χ4n) is 1.54. The summed E-state index contributed by atoms with van der Waals surface area (Å²) < 4.78 is 37.7. The molecule has 0 unspecified atom stereocenters. The van der Waals surface area contributed by atoms with E-state index < -0.39 is 23.2 Å². The van der Waals surface area contributed by atoms with Crippen LogP contribution in [0.4, 0.5) is 18.9 Å². The average molecular weight is 323 g/mol. The maximum atomic E-state index is 12.6. The van der Waals surface area contributed by atoms with Gasteiger partial charge in [-0.3, -0.25) is 10.2 Å². The van der Waals surface area contributed by atoms with E-state index in [1.165, 1.54) is 18.2 Å². The van der Waals surface area contributed by atoms with Crippen LogP contribution in [0.15, 0.2) is 46.9 Å². The molecule has 0 saturated carbocycles. The standard InChI is InChI=1S/C14H8F3N3OS/c15-14(16,17)9-3-1-4-10(7-9)19-20-11(8-18)13(21)12-5-2-6-22-12/h1-7,19H/b20-11+. The molecule has 2 rings (SSSR count). The highest BCUT2D eigenvalue weighted by Crippen LogP contribution is 2.30. The molecule has 0 atom stereocenters. The highest BCUT2D eigenvalue weighted by molar-refractivity contribution is 7.13. The Hall–Kier alpha value is -2.66. The van der Waals surface area contributed by atoms with Gasteiger partial charge in [-0.2, -0.15) is 23.5 Å². The second kappa shape index (κ2) is 6.41. The molecule has 0 fully saturated rings. The maximum absolute atomic E-state index is 12.6. The smallest absolute Gasteiger partial charge is 0.285 e. The molecule has 0 aliphatic heterocycles. The van der Waals surface area contributed by atoms with Crippen molar-refractivity contribution < 1.29 is 18.0 Å². The van der Waals surface area contributed by atoms with Crippen molar-refractivity contribution in [3.63, 3.8) is 0 Å². The first-order chi connectivity index (χ1) is 10.4. The summed E-state index contributed by atoms with van der Waals surface area (Å²) in [5.41, 5.74) is 1.05. The van der Waals surface area contributed by atoms with E-state index in [9.17, 15) is 18.0 Å². The predicted molar refractivity (Wildman–Crippen MR) is 76.8 cm³/mol. The minimum atomic E-state index is -4.48. The molecule has 1 heterocycles. The Morgan fingerprint density at radius 2 is 2.05 bits per heavy atom. The Balaban J connectivity index is 2.20. The third-order valence-electron chi connectivity index (χ3n) is 2.55. The molecule has 1 aromatic heterocycles. The van der Waals surface area contributed by atoms with Crippen molar-refractivity contribution in [2.45, 2.75) is 6.18 Å². The zero-order chi connectivity index (χ0) is 16.2. The highest BCUT2D eigenvalue weighted by atomic mass is 32.1. The van der Waals surface area contributed by atoms with Crippen molar-refractivity contribution >= 4 is 28.5 Å². The van der Waals surface area contributed by atoms with Crippen molar-refractivity contribution in [1.29, 1.82) is 5.26 Å². The number of halogens is 3. The molecule has 0 aliphatic carbocycles. The molecule has 0 saturated heterocycles. The normalized spacial score (nSPS) is 11.8. The Bertz CT molecular complexity index is 745. The minimum Gasteiger partial charge on any atom is -0.285 e. The van der Waals surface area contributed by atoms with Crippen LogP contribution in [-0.2, 0) is 6.18 Å². The number of rotatable bonds is 4. The van der Waals surface area contributed by atoms with Crippen LogP contribution in [0, 0.1) is 11.3 Å². The van der Waals surface area contributed by atoms with Crippen LogP contribution in [0.25, 0.3) is 0 Å². The zero-order valence-electron chi connectivity index (χ0n) is 10.9. The summed E-state index contributed by atoms with van der Waals surface area (Å²) in [6, 6.07) is 9.11. The summed E-state index contributed by atoms with van der Waals surface area (Å²) in [6.07, 6.45) is -4.48. The lowest BCUT2D eigenvalue weighted by Crippen LogP contribution is -2.13. The quantitative estimate of drug-likeness (QED) is 0.526. The first-order valence-electron chi connectivity index (χ1n) is 5.91. The van der Waals surface area contributed by atoms with Crippen LogP contribution >= 0.6 is 11.3 Å². The first-order valence-corrected chi connectivity index (χ1v) is 6.79. The summed E-state index contributed by atoms with van der Waals surface area (Å²) in [6.45, 7) is 0. The van der Waals surface area contributed by atoms with Gasteiger partial charge in [0.25, 0.3) is 0 Å². The molecule has 0 spiro atoms. The molecule has 0 amide bonds. The molecule has 0 aliphatic rings. The fraction of sp³-hybridized carbons (Fsp3) is 0.0714. The van der Waals surface area contributed by atoms with Crippen LogP contribution in [-0.4, -0.2) is 11.5 Å². The monoisotopic (exact) mass is 323 g/mol. The number of carbonyl (C=O) groups excluding carboxylic acids is 1. The summed E-state index contributed by atoms with van der Waals surface area (Å²) in [5.74, 6) is -0.586. The van der Waals surface area contributed by atoms with E-state index in [4.69, 9.17) is 5.26 Å². The molecule has 22 heavy (non-hydrogen) atoms. The van der Waals surface area contributed by atoms with Gasteiger partial charge >= 0.3 is 6.18 Å². The molecule has 1 aromatic carbocycles. The number of nitrogens with one attached hydrogen (secondary N) is 1. The molecule has 0 bridgehead atoms. The number of ketones is 1. The summed E-state index contributed by atoms with van der Waals surface area (Å²) in [7, 11) is 0. The summed E-state index contributed by atoms with van der Waals surface area (Å²) in [5, 5.41) is 14.2. The van der Waals surface area contributed by atoms with Gasteiger partial charge < -0.3 is 0 Å². The number of nitrogens with zero attached hydrogens (tertiary/aromatic N) is 2. The number of nitriles is 1. The van der Waals surface area contributed by atoms with Gasteiger partial charge in [-0.25, -0.2) is 0 Å². The van der Waals surface area contributed by atoms with Gasteiger partial charge in [0.15, 0.2) is 0 Å². The zero-order valence-corrected chi connectivity index (χ0v) is 11.7. The highest BCUT2D eigenvalue weighted by Gasteiger charge is 2.30. The predicted octanol–water partition coefficient (Wildman–Crippen LogP) is 3.94. The van der Waals surface area contributed by atoms with Gasteiger partial charge in [0, 0.05) is 0 Å². The second-order valence-corrected chi connectivity index (χ2v) is 5.02. The number of carbonyl (C=O) groups is 1. The Kier molecular flexibility index (Phi) is 4.58. The molecular weight excluding hydrogens is 315 g/mol. The average Bonchev–Trinajstić information content (AvgIpc) is 3.01. The lowest BCUT2D eigenvalue weighted by atomic mass is 10.2. The molecular formula is C14H8F3N3OS. The van der Waals surface area contributed by atoms with Crippen LogP contribution in [0.2, 0.25) is 0 Å². The van der Waals surface area contributed by atoms with Crippen LogP contribution < -0.4 is 5.43 Å². The molecule has 0 radical (unpaired) electrons. The van der Waals surface area contributed by atoms with Crippen molar-refractivity contribution in [3.8, 4) is 6.07 Å². The number of hydrogen-bond acceptors (Lipinski definition) is 5. The number of benzene rings is 1. The number of thiophene rings is 1. The largest absolute Gasteiger partial charge is 0.416 e. The SMILES string of the molecule is N#C/C(=N\Nc1cccc(C(F)(F)F)c1)C(=O)c1cccs1. The van der Waals surface area contributed by atoms with E-state index in [-0.39, 0.29) is 5.69 Å². The Morgan fingerprint density at radius 1 is 1.27 bits per heavy atom. The van der Waals surface area contributed by atoms with Crippen molar-refractivity contribution in [3.05, 3.63) is 52.2 Å². The second-order valence-electron chi connectivity index (χ2n) is 4.07. The number of anilines is 1. The minimum absolute atomic E-state index is 0.0292. The maximum Gasteiger partial charge on any atom is 0.416 e. The van der Waals surface area contributed by atoms with Gasteiger partial charge in [0.1, 0.15) is 6.07 Å². The van der Waals surface area contributed by atoms with E-state index in [2.05, 4.69) is 10.5 Å². The lowest BCUT2D eigenvalue weighted by molar-refractivity contribution is -0.137. The molecule has 2 aromatic rings.